The van der Waals surface area contributed by atoms with E-state index in [1.807, 2.05) is 10.5 Å². The van der Waals surface area contributed by atoms with Gasteiger partial charge in [-0.1, -0.05) is 0 Å². The fraction of sp³-hybridized carbons (Fsp3) is 0.417. The average molecular weight is 231 g/mol. The highest BCUT2D eigenvalue weighted by atomic mass is 16.5. The Hall–Kier alpha value is -1.75. The summed E-state index contributed by atoms with van der Waals surface area (Å²) in [5.41, 5.74) is 1.42. The minimum atomic E-state index is 0.516. The summed E-state index contributed by atoms with van der Waals surface area (Å²) >= 11 is 0. The highest BCUT2D eigenvalue weighted by molar-refractivity contribution is 5.74. The largest absolute Gasteiger partial charge is 0.381 e. The van der Waals surface area contributed by atoms with E-state index >= 15 is 0 Å². The van der Waals surface area contributed by atoms with Crippen molar-refractivity contribution in [1.29, 1.82) is 0 Å². The van der Waals surface area contributed by atoms with Gasteiger partial charge in [0, 0.05) is 31.4 Å². The molecule has 3 heterocycles. The molecule has 0 aromatic carbocycles. The molecule has 1 saturated heterocycles. The van der Waals surface area contributed by atoms with Gasteiger partial charge in [-0.25, -0.2) is 0 Å². The second kappa shape index (κ2) is 4.25. The van der Waals surface area contributed by atoms with E-state index in [1.54, 1.807) is 12.3 Å². The number of fused-ring (bicyclic) bond motifs is 1. The highest BCUT2D eigenvalue weighted by Gasteiger charge is 2.18. The lowest BCUT2D eigenvalue weighted by Crippen LogP contribution is -2.07. The Morgan fingerprint density at radius 3 is 3.18 bits per heavy atom. The van der Waals surface area contributed by atoms with Crippen LogP contribution in [0.4, 0.5) is 0 Å². The molecule has 5 heteroatoms. The minimum Gasteiger partial charge on any atom is -0.381 e. The summed E-state index contributed by atoms with van der Waals surface area (Å²) in [6.45, 7) is 1.63. The number of hydrogen-bond donors (Lipinski definition) is 0. The van der Waals surface area contributed by atoms with Crippen molar-refractivity contribution in [3.05, 3.63) is 29.7 Å². The first-order chi connectivity index (χ1) is 8.36. The molecule has 0 saturated carbocycles. The number of ether oxygens (including phenoxy) is 1. The number of carbonyl (C=O) groups is 1. The van der Waals surface area contributed by atoms with Gasteiger partial charge in [0.1, 0.15) is 5.82 Å². The molecule has 1 fully saturated rings. The van der Waals surface area contributed by atoms with E-state index < -0.39 is 0 Å². The van der Waals surface area contributed by atoms with E-state index in [2.05, 4.69) is 10.2 Å². The van der Waals surface area contributed by atoms with Gasteiger partial charge in [0.25, 0.3) is 0 Å². The van der Waals surface area contributed by atoms with Crippen LogP contribution in [0.1, 0.15) is 22.6 Å². The summed E-state index contributed by atoms with van der Waals surface area (Å²) in [6.07, 6.45) is 4.54. The molecule has 1 aliphatic rings. The first kappa shape index (κ1) is 10.4. The van der Waals surface area contributed by atoms with Crippen molar-refractivity contribution in [3.8, 4) is 0 Å². The molecule has 0 radical (unpaired) electrons. The summed E-state index contributed by atoms with van der Waals surface area (Å²) in [5.74, 6) is 1.42. The Morgan fingerprint density at radius 1 is 1.47 bits per heavy atom. The molecule has 0 spiro atoms. The third-order valence-electron chi connectivity index (χ3n) is 3.13. The van der Waals surface area contributed by atoms with E-state index in [1.165, 1.54) is 0 Å². The van der Waals surface area contributed by atoms with Gasteiger partial charge >= 0.3 is 0 Å². The first-order valence-corrected chi connectivity index (χ1v) is 5.73. The number of hydrogen-bond acceptors (Lipinski definition) is 4. The monoisotopic (exact) mass is 231 g/mol. The van der Waals surface area contributed by atoms with Gasteiger partial charge in [-0.05, 0) is 24.5 Å². The Kier molecular flexibility index (Phi) is 2.60. The SMILES string of the molecule is O=Cc1ccc2nnc(CC3CCOC3)n2c1. The number of nitrogens with zero attached hydrogens (tertiary/aromatic N) is 3. The van der Waals surface area contributed by atoms with Crippen LogP contribution in [-0.2, 0) is 11.2 Å². The van der Waals surface area contributed by atoms with E-state index in [0.29, 0.717) is 11.5 Å². The lowest BCUT2D eigenvalue weighted by molar-refractivity contribution is 0.112. The number of rotatable bonds is 3. The molecule has 0 N–H and O–H groups in total. The maximum Gasteiger partial charge on any atom is 0.160 e. The van der Waals surface area contributed by atoms with Crippen LogP contribution in [0, 0.1) is 5.92 Å². The zero-order valence-electron chi connectivity index (χ0n) is 9.37. The molecular formula is C12H13N3O2. The van der Waals surface area contributed by atoms with Crippen LogP contribution >= 0.6 is 0 Å². The van der Waals surface area contributed by atoms with Gasteiger partial charge in [-0.15, -0.1) is 10.2 Å². The summed E-state index contributed by atoms with van der Waals surface area (Å²) < 4.78 is 7.24. The summed E-state index contributed by atoms with van der Waals surface area (Å²) in [7, 11) is 0. The molecule has 3 rings (SSSR count). The van der Waals surface area contributed by atoms with Gasteiger partial charge in [0.2, 0.25) is 0 Å². The van der Waals surface area contributed by atoms with Crippen LogP contribution in [0.5, 0.6) is 0 Å². The van der Waals surface area contributed by atoms with Crippen LogP contribution in [-0.4, -0.2) is 34.1 Å². The van der Waals surface area contributed by atoms with Crippen molar-refractivity contribution in [3.63, 3.8) is 0 Å². The average Bonchev–Trinajstić information content (AvgIpc) is 2.99. The molecule has 1 aliphatic heterocycles. The number of aldehydes is 1. The Bertz CT molecular complexity index is 544. The third-order valence-corrected chi connectivity index (χ3v) is 3.13. The summed E-state index contributed by atoms with van der Waals surface area (Å²) in [6, 6.07) is 3.56. The van der Waals surface area contributed by atoms with Gasteiger partial charge < -0.3 is 4.74 Å². The second-order valence-electron chi connectivity index (χ2n) is 4.36. The number of pyridine rings is 1. The fourth-order valence-electron chi connectivity index (χ4n) is 2.17. The third kappa shape index (κ3) is 1.93. The van der Waals surface area contributed by atoms with Gasteiger partial charge in [-0.2, -0.15) is 0 Å². The molecular weight excluding hydrogens is 218 g/mol. The van der Waals surface area contributed by atoms with Gasteiger partial charge in [-0.3, -0.25) is 9.20 Å². The summed E-state index contributed by atoms with van der Waals surface area (Å²) in [4.78, 5) is 10.8. The topological polar surface area (TPSA) is 56.5 Å². The number of aromatic nitrogens is 3. The molecule has 2 aromatic heterocycles. The predicted octanol–water partition coefficient (Wildman–Crippen LogP) is 1.12. The Labute approximate surface area is 98.4 Å². The molecule has 0 amide bonds. The Morgan fingerprint density at radius 2 is 2.41 bits per heavy atom. The summed E-state index contributed by atoms with van der Waals surface area (Å²) in [5, 5.41) is 8.27. The van der Waals surface area contributed by atoms with Gasteiger partial charge in [0.05, 0.1) is 0 Å². The van der Waals surface area contributed by atoms with E-state index in [9.17, 15) is 4.79 Å². The Balaban J connectivity index is 1.94. The minimum absolute atomic E-state index is 0.516. The standard InChI is InChI=1S/C12H13N3O2/c16-7-10-1-2-11-13-14-12(15(11)6-10)5-9-3-4-17-8-9/h1-2,6-7,9H,3-5,8H2. The van der Waals surface area contributed by atoms with Crippen molar-refractivity contribution >= 4 is 11.9 Å². The lowest BCUT2D eigenvalue weighted by atomic mass is 10.1. The van der Waals surface area contributed by atoms with E-state index in [0.717, 1.165) is 43.8 Å². The molecule has 1 unspecified atom stereocenters. The number of carbonyl (C=O) groups excluding carboxylic acids is 1. The molecule has 5 nitrogen and oxygen atoms in total. The quantitative estimate of drug-likeness (QED) is 0.743. The zero-order valence-corrected chi connectivity index (χ0v) is 9.37. The van der Waals surface area contributed by atoms with Gasteiger partial charge in [0.15, 0.2) is 11.9 Å². The van der Waals surface area contributed by atoms with Crippen molar-refractivity contribution in [1.82, 2.24) is 14.6 Å². The van der Waals surface area contributed by atoms with Crippen molar-refractivity contribution in [2.45, 2.75) is 12.8 Å². The molecule has 1 atom stereocenters. The zero-order chi connectivity index (χ0) is 11.7. The predicted molar refractivity (Wildman–Crippen MR) is 61.0 cm³/mol. The van der Waals surface area contributed by atoms with Crippen LogP contribution in [0.15, 0.2) is 18.3 Å². The van der Waals surface area contributed by atoms with Crippen LogP contribution in [0.2, 0.25) is 0 Å². The smallest absolute Gasteiger partial charge is 0.160 e. The van der Waals surface area contributed by atoms with Crippen molar-refractivity contribution < 1.29 is 9.53 Å². The first-order valence-electron chi connectivity index (χ1n) is 5.73. The van der Waals surface area contributed by atoms with Crippen molar-refractivity contribution in [2.24, 2.45) is 5.92 Å². The maximum atomic E-state index is 10.8. The normalized spacial score (nSPS) is 19.9. The molecule has 0 aliphatic carbocycles. The highest BCUT2D eigenvalue weighted by Crippen LogP contribution is 2.18. The fourth-order valence-corrected chi connectivity index (χ4v) is 2.17. The van der Waals surface area contributed by atoms with E-state index in [-0.39, 0.29) is 0 Å². The molecule has 17 heavy (non-hydrogen) atoms. The molecule has 2 aromatic rings. The molecule has 88 valence electrons. The van der Waals surface area contributed by atoms with Crippen LogP contribution in [0.25, 0.3) is 5.65 Å². The molecule has 0 bridgehead atoms. The van der Waals surface area contributed by atoms with Crippen molar-refractivity contribution in [2.75, 3.05) is 13.2 Å². The van der Waals surface area contributed by atoms with E-state index in [4.69, 9.17) is 4.74 Å². The lowest BCUT2D eigenvalue weighted by Gasteiger charge is -2.05. The van der Waals surface area contributed by atoms with Crippen LogP contribution < -0.4 is 0 Å². The second-order valence-corrected chi connectivity index (χ2v) is 4.36. The maximum absolute atomic E-state index is 10.8. The van der Waals surface area contributed by atoms with Crippen LogP contribution in [0.3, 0.4) is 0 Å².